The lowest BCUT2D eigenvalue weighted by atomic mass is 10.3. The van der Waals surface area contributed by atoms with E-state index < -0.39 is 0 Å². The van der Waals surface area contributed by atoms with Gasteiger partial charge in [0.1, 0.15) is 0 Å². The maximum atomic E-state index is 3.45. The van der Waals surface area contributed by atoms with Gasteiger partial charge in [0.05, 0.1) is 0 Å². The second-order valence-corrected chi connectivity index (χ2v) is 4.26. The third-order valence-corrected chi connectivity index (χ3v) is 2.74. The van der Waals surface area contributed by atoms with E-state index in [-0.39, 0.29) is 0 Å². The van der Waals surface area contributed by atoms with Gasteiger partial charge < -0.3 is 20.9 Å². The molecule has 0 amide bonds. The number of rotatable bonds is 0. The summed E-state index contributed by atoms with van der Waals surface area (Å²) in [6, 6.07) is 0. The van der Waals surface area contributed by atoms with Crippen molar-refractivity contribution in [2.45, 2.75) is 12.8 Å². The Morgan fingerprint density at radius 3 is 1.53 bits per heavy atom. The molecule has 90 valence electrons. The number of nitrogens with one attached hydrogen (secondary N) is 3. The summed E-state index contributed by atoms with van der Waals surface area (Å²) < 4.78 is 0. The number of hydrogen-bond acceptors (Lipinski definition) is 4. The highest BCUT2D eigenvalue weighted by Crippen LogP contribution is 1.89. The van der Waals surface area contributed by atoms with Crippen LogP contribution >= 0.6 is 0 Å². The Kier molecular flexibility index (Phi) is 7.83. The van der Waals surface area contributed by atoms with Crippen LogP contribution in [-0.4, -0.2) is 64.3 Å². The van der Waals surface area contributed by atoms with Crippen molar-refractivity contribution in [1.82, 2.24) is 20.9 Å². The van der Waals surface area contributed by atoms with Gasteiger partial charge in [-0.05, 0) is 46.1 Å². The van der Waals surface area contributed by atoms with E-state index >= 15 is 0 Å². The van der Waals surface area contributed by atoms with E-state index in [0.29, 0.717) is 0 Å². The van der Waals surface area contributed by atoms with E-state index in [4.69, 9.17) is 0 Å². The molecular weight excluding hydrogens is 188 g/mol. The SMILES string of the molecule is CN1CCCNCCNCCNCCC1. The second-order valence-electron chi connectivity index (χ2n) is 4.26. The zero-order chi connectivity index (χ0) is 10.8. The van der Waals surface area contributed by atoms with Crippen LogP contribution in [0.5, 0.6) is 0 Å². The predicted molar refractivity (Wildman–Crippen MR) is 65.3 cm³/mol. The van der Waals surface area contributed by atoms with Crippen LogP contribution in [0.3, 0.4) is 0 Å². The minimum absolute atomic E-state index is 1.08. The molecule has 0 saturated carbocycles. The van der Waals surface area contributed by atoms with Crippen LogP contribution < -0.4 is 16.0 Å². The Bertz CT molecular complexity index is 127. The maximum Gasteiger partial charge on any atom is 0.00772 e. The van der Waals surface area contributed by atoms with Gasteiger partial charge in [0, 0.05) is 26.2 Å². The van der Waals surface area contributed by atoms with Crippen LogP contribution in [0.25, 0.3) is 0 Å². The summed E-state index contributed by atoms with van der Waals surface area (Å²) >= 11 is 0. The summed E-state index contributed by atoms with van der Waals surface area (Å²) in [7, 11) is 2.22. The Morgan fingerprint density at radius 2 is 1.07 bits per heavy atom. The lowest BCUT2D eigenvalue weighted by molar-refractivity contribution is 0.319. The maximum absolute atomic E-state index is 3.45. The smallest absolute Gasteiger partial charge is 0.00772 e. The van der Waals surface area contributed by atoms with Gasteiger partial charge in [0.15, 0.2) is 0 Å². The largest absolute Gasteiger partial charge is 0.315 e. The standard InChI is InChI=1S/C11H26N4/c1-15-10-2-4-12-6-8-14-9-7-13-5-3-11-15/h12-14H,2-11H2,1H3. The summed E-state index contributed by atoms with van der Waals surface area (Å²) in [5, 5.41) is 10.3. The molecule has 1 aliphatic heterocycles. The summed E-state index contributed by atoms with van der Waals surface area (Å²) in [6.45, 7) is 9.04. The molecule has 15 heavy (non-hydrogen) atoms. The topological polar surface area (TPSA) is 39.3 Å². The molecule has 0 spiro atoms. The first-order chi connectivity index (χ1) is 7.39. The Hall–Kier alpha value is -0.160. The zero-order valence-electron chi connectivity index (χ0n) is 10.0. The lowest BCUT2D eigenvalue weighted by Crippen LogP contribution is -2.35. The van der Waals surface area contributed by atoms with Crippen LogP contribution in [0.1, 0.15) is 12.8 Å². The molecule has 4 heteroatoms. The Balaban J connectivity index is 2.10. The molecule has 0 aliphatic carbocycles. The third-order valence-electron chi connectivity index (χ3n) is 2.74. The van der Waals surface area contributed by atoms with Crippen LogP contribution in [-0.2, 0) is 0 Å². The van der Waals surface area contributed by atoms with E-state index in [0.717, 1.165) is 39.3 Å². The highest BCUT2D eigenvalue weighted by Gasteiger charge is 1.98. The third kappa shape index (κ3) is 7.73. The van der Waals surface area contributed by atoms with E-state index in [1.54, 1.807) is 0 Å². The van der Waals surface area contributed by atoms with Crippen molar-refractivity contribution in [3.8, 4) is 0 Å². The molecule has 1 aliphatic rings. The number of hydrogen-bond donors (Lipinski definition) is 3. The fraction of sp³-hybridized carbons (Fsp3) is 1.00. The quantitative estimate of drug-likeness (QED) is 0.507. The summed E-state index contributed by atoms with van der Waals surface area (Å²) in [4.78, 5) is 2.42. The Labute approximate surface area is 93.8 Å². The van der Waals surface area contributed by atoms with Crippen LogP contribution in [0.15, 0.2) is 0 Å². The molecule has 0 bridgehead atoms. The molecule has 1 rings (SSSR count). The summed E-state index contributed by atoms with van der Waals surface area (Å²) in [5.41, 5.74) is 0. The fourth-order valence-corrected chi connectivity index (χ4v) is 1.79. The first kappa shape index (κ1) is 12.9. The van der Waals surface area contributed by atoms with Crippen molar-refractivity contribution in [2.75, 3.05) is 59.4 Å². The molecule has 0 radical (unpaired) electrons. The highest BCUT2D eigenvalue weighted by molar-refractivity contribution is 4.60. The van der Waals surface area contributed by atoms with Crippen molar-refractivity contribution in [3.05, 3.63) is 0 Å². The normalized spacial score (nSPS) is 24.6. The van der Waals surface area contributed by atoms with Gasteiger partial charge in [-0.2, -0.15) is 0 Å². The zero-order valence-corrected chi connectivity index (χ0v) is 10.0. The van der Waals surface area contributed by atoms with Crippen LogP contribution in [0, 0.1) is 0 Å². The van der Waals surface area contributed by atoms with Gasteiger partial charge in [-0.25, -0.2) is 0 Å². The van der Waals surface area contributed by atoms with E-state index in [2.05, 4.69) is 27.9 Å². The fourth-order valence-electron chi connectivity index (χ4n) is 1.79. The molecule has 0 atom stereocenters. The molecule has 0 unspecified atom stereocenters. The van der Waals surface area contributed by atoms with E-state index in [1.807, 2.05) is 0 Å². The summed E-state index contributed by atoms with van der Waals surface area (Å²) in [6.07, 6.45) is 2.51. The number of nitrogens with zero attached hydrogens (tertiary/aromatic N) is 1. The summed E-state index contributed by atoms with van der Waals surface area (Å²) in [5.74, 6) is 0. The van der Waals surface area contributed by atoms with Gasteiger partial charge in [-0.15, -0.1) is 0 Å². The molecule has 3 N–H and O–H groups in total. The molecule has 4 nitrogen and oxygen atoms in total. The molecule has 0 aromatic carbocycles. The van der Waals surface area contributed by atoms with Crippen molar-refractivity contribution < 1.29 is 0 Å². The van der Waals surface area contributed by atoms with E-state index in [1.165, 1.54) is 25.9 Å². The average molecular weight is 214 g/mol. The van der Waals surface area contributed by atoms with Gasteiger partial charge >= 0.3 is 0 Å². The predicted octanol–water partition coefficient (Wildman–Crippen LogP) is -0.519. The molecule has 0 aromatic rings. The molecular formula is C11H26N4. The van der Waals surface area contributed by atoms with Gasteiger partial charge in [-0.1, -0.05) is 0 Å². The average Bonchev–Trinajstić information content (AvgIpc) is 2.24. The molecule has 1 fully saturated rings. The highest BCUT2D eigenvalue weighted by atomic mass is 15.1. The van der Waals surface area contributed by atoms with Gasteiger partial charge in [0.2, 0.25) is 0 Å². The van der Waals surface area contributed by atoms with Gasteiger partial charge in [0.25, 0.3) is 0 Å². The van der Waals surface area contributed by atoms with Crippen molar-refractivity contribution in [2.24, 2.45) is 0 Å². The first-order valence-corrected chi connectivity index (χ1v) is 6.20. The molecule has 0 aromatic heterocycles. The van der Waals surface area contributed by atoms with Gasteiger partial charge in [-0.3, -0.25) is 0 Å². The minimum Gasteiger partial charge on any atom is -0.315 e. The minimum atomic E-state index is 1.08. The molecule has 1 saturated heterocycles. The van der Waals surface area contributed by atoms with E-state index in [9.17, 15) is 0 Å². The Morgan fingerprint density at radius 1 is 0.667 bits per heavy atom. The van der Waals surface area contributed by atoms with Crippen molar-refractivity contribution in [3.63, 3.8) is 0 Å². The van der Waals surface area contributed by atoms with Crippen molar-refractivity contribution >= 4 is 0 Å². The van der Waals surface area contributed by atoms with Crippen LogP contribution in [0.4, 0.5) is 0 Å². The first-order valence-electron chi connectivity index (χ1n) is 6.20. The monoisotopic (exact) mass is 214 g/mol. The lowest BCUT2D eigenvalue weighted by Gasteiger charge is -2.17. The molecule has 1 heterocycles. The van der Waals surface area contributed by atoms with Crippen molar-refractivity contribution in [1.29, 1.82) is 0 Å². The van der Waals surface area contributed by atoms with Crippen LogP contribution in [0.2, 0.25) is 0 Å². The second kappa shape index (κ2) is 9.09.